The first-order chi connectivity index (χ1) is 7.40. The molecule has 0 aliphatic carbocycles. The zero-order chi connectivity index (χ0) is 10.5. The lowest BCUT2D eigenvalue weighted by Gasteiger charge is -2.26. The van der Waals surface area contributed by atoms with E-state index in [1.165, 1.54) is 0 Å². The second kappa shape index (κ2) is 5.03. The highest BCUT2D eigenvalue weighted by Gasteiger charge is 2.19. The van der Waals surface area contributed by atoms with E-state index in [4.69, 9.17) is 9.47 Å². The van der Waals surface area contributed by atoms with Crippen LogP contribution in [0.4, 0.5) is 0 Å². The van der Waals surface area contributed by atoms with E-state index in [0.717, 1.165) is 31.0 Å². The number of benzene rings is 1. The van der Waals surface area contributed by atoms with Gasteiger partial charge in [0.25, 0.3) is 0 Å². The molecule has 0 saturated heterocycles. The summed E-state index contributed by atoms with van der Waals surface area (Å²) in [5, 5.41) is 3.33. The molecule has 0 radical (unpaired) electrons. The summed E-state index contributed by atoms with van der Waals surface area (Å²) in [7, 11) is 0. The first kappa shape index (κ1) is 10.3. The minimum atomic E-state index is 0.131. The number of nitrogens with one attached hydrogen (secondary N) is 1. The maximum absolute atomic E-state index is 5.79. The van der Waals surface area contributed by atoms with Crippen LogP contribution in [0.5, 0.6) is 11.5 Å². The molecule has 0 saturated carbocycles. The zero-order valence-electron chi connectivity index (χ0n) is 9.03. The minimum Gasteiger partial charge on any atom is -0.486 e. The Hall–Kier alpha value is -1.22. The van der Waals surface area contributed by atoms with Gasteiger partial charge < -0.3 is 14.8 Å². The summed E-state index contributed by atoms with van der Waals surface area (Å²) < 4.78 is 11.4. The Bertz CT molecular complexity index is 314. The molecule has 1 aliphatic rings. The highest BCUT2D eigenvalue weighted by atomic mass is 16.6. The van der Waals surface area contributed by atoms with Crippen LogP contribution in [0.2, 0.25) is 0 Å². The van der Waals surface area contributed by atoms with Crippen molar-refractivity contribution in [1.29, 1.82) is 0 Å². The Balaban J connectivity index is 1.88. The van der Waals surface area contributed by atoms with Gasteiger partial charge in [0.1, 0.15) is 12.7 Å². The maximum Gasteiger partial charge on any atom is 0.161 e. The van der Waals surface area contributed by atoms with Crippen molar-refractivity contribution >= 4 is 0 Å². The van der Waals surface area contributed by atoms with Gasteiger partial charge in [-0.05, 0) is 25.1 Å². The maximum atomic E-state index is 5.79. The van der Waals surface area contributed by atoms with Crippen molar-refractivity contribution < 1.29 is 9.47 Å². The molecule has 82 valence electrons. The second-order valence-corrected chi connectivity index (χ2v) is 3.70. The van der Waals surface area contributed by atoms with Gasteiger partial charge in [-0.1, -0.05) is 19.1 Å². The number of rotatable bonds is 4. The van der Waals surface area contributed by atoms with Crippen LogP contribution < -0.4 is 14.8 Å². The molecule has 3 nitrogen and oxygen atoms in total. The lowest BCUT2D eigenvalue weighted by molar-refractivity contribution is 0.0906. The smallest absolute Gasteiger partial charge is 0.161 e. The Morgan fingerprint density at radius 1 is 1.33 bits per heavy atom. The van der Waals surface area contributed by atoms with E-state index in [-0.39, 0.29) is 6.10 Å². The number of hydrogen-bond donors (Lipinski definition) is 1. The number of hydrogen-bond acceptors (Lipinski definition) is 3. The van der Waals surface area contributed by atoms with Gasteiger partial charge in [0, 0.05) is 6.54 Å². The van der Waals surface area contributed by atoms with E-state index in [2.05, 4.69) is 12.2 Å². The average molecular weight is 207 g/mol. The normalized spacial score (nSPS) is 18.9. The van der Waals surface area contributed by atoms with Crippen molar-refractivity contribution in [2.24, 2.45) is 0 Å². The van der Waals surface area contributed by atoms with Crippen LogP contribution in [0.1, 0.15) is 13.3 Å². The van der Waals surface area contributed by atoms with Gasteiger partial charge in [-0.3, -0.25) is 0 Å². The summed E-state index contributed by atoms with van der Waals surface area (Å²) in [6.07, 6.45) is 1.27. The fourth-order valence-corrected chi connectivity index (χ4v) is 1.60. The molecule has 1 aliphatic heterocycles. The second-order valence-electron chi connectivity index (χ2n) is 3.70. The van der Waals surface area contributed by atoms with E-state index in [0.29, 0.717) is 6.61 Å². The molecular formula is C12H17NO2. The third-order valence-electron chi connectivity index (χ3n) is 2.37. The van der Waals surface area contributed by atoms with E-state index in [9.17, 15) is 0 Å². The minimum absolute atomic E-state index is 0.131. The van der Waals surface area contributed by atoms with Crippen molar-refractivity contribution in [1.82, 2.24) is 5.32 Å². The number of ether oxygens (including phenoxy) is 2. The predicted octanol–water partition coefficient (Wildman–Crippen LogP) is 1.83. The van der Waals surface area contributed by atoms with Crippen LogP contribution >= 0.6 is 0 Å². The molecule has 0 amide bonds. The van der Waals surface area contributed by atoms with Crippen molar-refractivity contribution in [3.63, 3.8) is 0 Å². The van der Waals surface area contributed by atoms with E-state index in [1.807, 2.05) is 24.3 Å². The van der Waals surface area contributed by atoms with Crippen LogP contribution in [-0.4, -0.2) is 25.8 Å². The fraction of sp³-hybridized carbons (Fsp3) is 0.500. The van der Waals surface area contributed by atoms with Crippen LogP contribution in [0.15, 0.2) is 24.3 Å². The van der Waals surface area contributed by atoms with Gasteiger partial charge in [-0.25, -0.2) is 0 Å². The predicted molar refractivity (Wildman–Crippen MR) is 59.5 cm³/mol. The molecule has 0 aromatic heterocycles. The largest absolute Gasteiger partial charge is 0.486 e. The monoisotopic (exact) mass is 207 g/mol. The Morgan fingerprint density at radius 2 is 2.13 bits per heavy atom. The first-order valence-corrected chi connectivity index (χ1v) is 5.49. The van der Waals surface area contributed by atoms with E-state index >= 15 is 0 Å². The van der Waals surface area contributed by atoms with Gasteiger partial charge in [-0.2, -0.15) is 0 Å². The topological polar surface area (TPSA) is 30.5 Å². The van der Waals surface area contributed by atoms with Crippen molar-refractivity contribution in [3.8, 4) is 11.5 Å². The van der Waals surface area contributed by atoms with Crippen LogP contribution in [0, 0.1) is 0 Å². The molecule has 0 spiro atoms. The third-order valence-corrected chi connectivity index (χ3v) is 2.37. The first-order valence-electron chi connectivity index (χ1n) is 5.49. The van der Waals surface area contributed by atoms with Gasteiger partial charge in [-0.15, -0.1) is 0 Å². The van der Waals surface area contributed by atoms with Crippen LogP contribution in [0.3, 0.4) is 0 Å². The van der Waals surface area contributed by atoms with Crippen LogP contribution in [0.25, 0.3) is 0 Å². The third kappa shape index (κ3) is 2.63. The summed E-state index contributed by atoms with van der Waals surface area (Å²) in [4.78, 5) is 0. The molecule has 1 atom stereocenters. The number of fused-ring (bicyclic) bond motifs is 1. The Morgan fingerprint density at radius 3 is 2.93 bits per heavy atom. The Kier molecular flexibility index (Phi) is 3.45. The molecule has 3 heteroatoms. The molecule has 1 heterocycles. The van der Waals surface area contributed by atoms with Gasteiger partial charge >= 0.3 is 0 Å². The molecule has 15 heavy (non-hydrogen) atoms. The molecule has 1 aromatic rings. The average Bonchev–Trinajstić information content (AvgIpc) is 2.29. The number of para-hydroxylation sites is 2. The quantitative estimate of drug-likeness (QED) is 0.764. The lowest BCUT2D eigenvalue weighted by atomic mass is 10.2. The van der Waals surface area contributed by atoms with Crippen molar-refractivity contribution in [2.75, 3.05) is 19.7 Å². The van der Waals surface area contributed by atoms with E-state index in [1.54, 1.807) is 0 Å². The highest BCUT2D eigenvalue weighted by molar-refractivity contribution is 5.40. The lowest BCUT2D eigenvalue weighted by Crippen LogP contribution is -2.38. The Labute approximate surface area is 90.4 Å². The summed E-state index contributed by atoms with van der Waals surface area (Å²) in [5.41, 5.74) is 0. The molecule has 1 N–H and O–H groups in total. The summed E-state index contributed by atoms with van der Waals surface area (Å²) in [6.45, 7) is 4.66. The zero-order valence-corrected chi connectivity index (χ0v) is 9.03. The standard InChI is InChI=1S/C12H17NO2/c1-2-7-13-8-10-9-14-11-5-3-4-6-12(11)15-10/h3-6,10,13H,2,7-9H2,1H3/t10-/m1/s1. The SMILES string of the molecule is CCCNC[C@@H]1COc2ccccc2O1. The van der Waals surface area contributed by atoms with Crippen molar-refractivity contribution in [3.05, 3.63) is 24.3 Å². The molecule has 1 aromatic carbocycles. The summed E-state index contributed by atoms with van der Waals surface area (Å²) in [5.74, 6) is 1.70. The molecule has 2 rings (SSSR count). The summed E-state index contributed by atoms with van der Waals surface area (Å²) in [6, 6.07) is 7.80. The molecular weight excluding hydrogens is 190 g/mol. The van der Waals surface area contributed by atoms with Crippen molar-refractivity contribution in [2.45, 2.75) is 19.4 Å². The van der Waals surface area contributed by atoms with Gasteiger partial charge in [0.15, 0.2) is 11.5 Å². The fourth-order valence-electron chi connectivity index (χ4n) is 1.60. The molecule has 0 unspecified atom stereocenters. The van der Waals surface area contributed by atoms with Gasteiger partial charge in [0.2, 0.25) is 0 Å². The highest BCUT2D eigenvalue weighted by Crippen LogP contribution is 2.30. The van der Waals surface area contributed by atoms with E-state index < -0.39 is 0 Å². The summed E-state index contributed by atoms with van der Waals surface area (Å²) >= 11 is 0. The van der Waals surface area contributed by atoms with Crippen LogP contribution in [-0.2, 0) is 0 Å². The molecule has 0 bridgehead atoms. The van der Waals surface area contributed by atoms with Gasteiger partial charge in [0.05, 0.1) is 0 Å². The molecule has 0 fully saturated rings.